The van der Waals surface area contributed by atoms with Crippen molar-refractivity contribution in [3.63, 3.8) is 0 Å². The van der Waals surface area contributed by atoms with Crippen molar-refractivity contribution in [2.45, 2.75) is 52.4 Å². The number of unbranched alkanes of at least 4 members (excludes halogenated alkanes) is 2. The molecule has 0 radical (unpaired) electrons. The second-order valence-corrected chi connectivity index (χ2v) is 5.44. The lowest BCUT2D eigenvalue weighted by Crippen LogP contribution is -2.33. The molecule has 1 aromatic carbocycles. The molecule has 0 bridgehead atoms. The highest BCUT2D eigenvalue weighted by Gasteiger charge is 2.12. The maximum atomic E-state index is 12.4. The fourth-order valence-corrected chi connectivity index (χ4v) is 2.26. The average molecular weight is 291 g/mol. The number of methoxy groups -OCH3 is 1. The summed E-state index contributed by atoms with van der Waals surface area (Å²) >= 11 is 0. The Morgan fingerprint density at radius 3 is 2.10 bits per heavy atom. The van der Waals surface area contributed by atoms with Gasteiger partial charge in [-0.1, -0.05) is 38.8 Å². The first-order valence-corrected chi connectivity index (χ1v) is 8.12. The van der Waals surface area contributed by atoms with E-state index >= 15 is 0 Å². The lowest BCUT2D eigenvalue weighted by Gasteiger charge is -2.22. The first-order chi connectivity index (χ1) is 10.2. The molecule has 1 rings (SSSR count). The minimum Gasteiger partial charge on any atom is -0.497 e. The van der Waals surface area contributed by atoms with Crippen LogP contribution in [0.15, 0.2) is 24.3 Å². The number of aryl methyl sites for hydroxylation is 1. The summed E-state index contributed by atoms with van der Waals surface area (Å²) in [7, 11) is 1.66. The summed E-state index contributed by atoms with van der Waals surface area (Å²) in [5.41, 5.74) is 1.19. The fraction of sp³-hybridized carbons (Fsp3) is 0.611. The van der Waals surface area contributed by atoms with Crippen LogP contribution in [0, 0.1) is 0 Å². The molecule has 3 nitrogen and oxygen atoms in total. The number of carbonyl (C=O) groups excluding carboxylic acids is 1. The predicted molar refractivity (Wildman–Crippen MR) is 87.7 cm³/mol. The van der Waals surface area contributed by atoms with Gasteiger partial charge in [-0.05, 0) is 37.0 Å². The summed E-state index contributed by atoms with van der Waals surface area (Å²) in [5.74, 6) is 1.14. The predicted octanol–water partition coefficient (Wildman–Crippen LogP) is 4.06. The van der Waals surface area contributed by atoms with Crippen molar-refractivity contribution in [2.75, 3.05) is 20.2 Å². The number of hydrogen-bond acceptors (Lipinski definition) is 2. The van der Waals surface area contributed by atoms with E-state index in [9.17, 15) is 4.79 Å². The summed E-state index contributed by atoms with van der Waals surface area (Å²) < 4.78 is 5.15. The SMILES string of the molecule is CCCCN(CCCC)C(=O)CCc1ccc(OC)cc1. The quantitative estimate of drug-likeness (QED) is 0.650. The van der Waals surface area contributed by atoms with Gasteiger partial charge in [0.1, 0.15) is 5.75 Å². The van der Waals surface area contributed by atoms with Gasteiger partial charge in [-0.3, -0.25) is 4.79 Å². The summed E-state index contributed by atoms with van der Waals surface area (Å²) in [6.07, 6.45) is 5.86. The monoisotopic (exact) mass is 291 g/mol. The van der Waals surface area contributed by atoms with E-state index in [4.69, 9.17) is 4.74 Å². The van der Waals surface area contributed by atoms with E-state index in [2.05, 4.69) is 13.8 Å². The Kier molecular flexibility index (Phi) is 8.56. The van der Waals surface area contributed by atoms with Crippen LogP contribution in [0.5, 0.6) is 5.75 Å². The number of ether oxygens (including phenoxy) is 1. The molecule has 1 amide bonds. The number of amides is 1. The van der Waals surface area contributed by atoms with Crippen molar-refractivity contribution >= 4 is 5.91 Å². The molecule has 0 aliphatic rings. The van der Waals surface area contributed by atoms with Crippen molar-refractivity contribution < 1.29 is 9.53 Å². The van der Waals surface area contributed by atoms with Crippen LogP contribution in [0.2, 0.25) is 0 Å². The van der Waals surface area contributed by atoms with Crippen molar-refractivity contribution in [1.29, 1.82) is 0 Å². The molecular formula is C18H29NO2. The molecule has 0 fully saturated rings. The molecule has 3 heteroatoms. The Labute approximate surface area is 129 Å². The average Bonchev–Trinajstić information content (AvgIpc) is 2.53. The number of hydrogen-bond donors (Lipinski definition) is 0. The molecule has 21 heavy (non-hydrogen) atoms. The maximum Gasteiger partial charge on any atom is 0.222 e. The molecule has 0 N–H and O–H groups in total. The van der Waals surface area contributed by atoms with Gasteiger partial charge in [0.15, 0.2) is 0 Å². The topological polar surface area (TPSA) is 29.5 Å². The van der Waals surface area contributed by atoms with Crippen molar-refractivity contribution in [3.8, 4) is 5.75 Å². The Balaban J connectivity index is 2.46. The largest absolute Gasteiger partial charge is 0.497 e. The van der Waals surface area contributed by atoms with Crippen LogP contribution >= 0.6 is 0 Å². The first kappa shape index (κ1) is 17.5. The van der Waals surface area contributed by atoms with Gasteiger partial charge in [0.05, 0.1) is 7.11 Å². The highest BCUT2D eigenvalue weighted by atomic mass is 16.5. The van der Waals surface area contributed by atoms with Gasteiger partial charge in [0.25, 0.3) is 0 Å². The second kappa shape index (κ2) is 10.3. The van der Waals surface area contributed by atoms with Gasteiger partial charge >= 0.3 is 0 Å². The lowest BCUT2D eigenvalue weighted by atomic mass is 10.1. The van der Waals surface area contributed by atoms with Crippen LogP contribution < -0.4 is 4.74 Å². The van der Waals surface area contributed by atoms with Crippen molar-refractivity contribution in [1.82, 2.24) is 4.90 Å². The molecule has 0 aliphatic heterocycles. The standard InChI is InChI=1S/C18H29NO2/c1-4-6-14-19(15-7-5-2)18(20)13-10-16-8-11-17(21-3)12-9-16/h8-9,11-12H,4-7,10,13-15H2,1-3H3. The van der Waals surface area contributed by atoms with Gasteiger partial charge in [-0.2, -0.15) is 0 Å². The summed E-state index contributed by atoms with van der Waals surface area (Å²) in [4.78, 5) is 14.4. The lowest BCUT2D eigenvalue weighted by molar-refractivity contribution is -0.131. The molecule has 0 unspecified atom stereocenters. The van der Waals surface area contributed by atoms with E-state index in [1.165, 1.54) is 5.56 Å². The Morgan fingerprint density at radius 1 is 1.05 bits per heavy atom. The van der Waals surface area contributed by atoms with Crippen LogP contribution in [-0.4, -0.2) is 31.0 Å². The van der Waals surface area contributed by atoms with Gasteiger partial charge in [0.2, 0.25) is 5.91 Å². The molecule has 0 aliphatic carbocycles. The van der Waals surface area contributed by atoms with E-state index in [0.29, 0.717) is 6.42 Å². The summed E-state index contributed by atoms with van der Waals surface area (Å²) in [6.45, 7) is 6.13. The zero-order valence-electron chi connectivity index (χ0n) is 13.7. The minimum atomic E-state index is 0.285. The zero-order valence-corrected chi connectivity index (χ0v) is 13.7. The van der Waals surface area contributed by atoms with Gasteiger partial charge < -0.3 is 9.64 Å². The van der Waals surface area contributed by atoms with Crippen LogP contribution in [0.4, 0.5) is 0 Å². The number of carbonyl (C=O) groups is 1. The van der Waals surface area contributed by atoms with Crippen molar-refractivity contribution in [2.24, 2.45) is 0 Å². The molecule has 0 aromatic heterocycles. The summed E-state index contributed by atoms with van der Waals surface area (Å²) in [5, 5.41) is 0. The molecule has 0 saturated heterocycles. The normalized spacial score (nSPS) is 10.4. The molecule has 0 spiro atoms. The molecule has 0 heterocycles. The third-order valence-electron chi connectivity index (χ3n) is 3.70. The molecular weight excluding hydrogens is 262 g/mol. The van der Waals surface area contributed by atoms with Gasteiger partial charge in [-0.25, -0.2) is 0 Å². The number of nitrogens with zero attached hydrogens (tertiary/aromatic N) is 1. The molecule has 0 saturated carbocycles. The highest BCUT2D eigenvalue weighted by molar-refractivity contribution is 5.76. The van der Waals surface area contributed by atoms with E-state index < -0.39 is 0 Å². The van der Waals surface area contributed by atoms with Crippen LogP contribution in [0.1, 0.15) is 51.5 Å². The van der Waals surface area contributed by atoms with E-state index in [-0.39, 0.29) is 5.91 Å². The molecule has 1 aromatic rings. The smallest absolute Gasteiger partial charge is 0.222 e. The van der Waals surface area contributed by atoms with E-state index in [0.717, 1.165) is 50.9 Å². The Morgan fingerprint density at radius 2 is 1.62 bits per heavy atom. The van der Waals surface area contributed by atoms with Crippen LogP contribution in [0.3, 0.4) is 0 Å². The fourth-order valence-electron chi connectivity index (χ4n) is 2.26. The maximum absolute atomic E-state index is 12.4. The van der Waals surface area contributed by atoms with Crippen LogP contribution in [0.25, 0.3) is 0 Å². The molecule has 0 atom stereocenters. The number of benzene rings is 1. The third kappa shape index (κ3) is 6.65. The zero-order chi connectivity index (χ0) is 15.5. The van der Waals surface area contributed by atoms with E-state index in [1.54, 1.807) is 7.11 Å². The molecule has 118 valence electrons. The Bertz CT molecular complexity index is 392. The number of rotatable bonds is 10. The van der Waals surface area contributed by atoms with Gasteiger partial charge in [0, 0.05) is 19.5 Å². The third-order valence-corrected chi connectivity index (χ3v) is 3.70. The highest BCUT2D eigenvalue weighted by Crippen LogP contribution is 2.13. The van der Waals surface area contributed by atoms with Crippen LogP contribution in [-0.2, 0) is 11.2 Å². The minimum absolute atomic E-state index is 0.285. The summed E-state index contributed by atoms with van der Waals surface area (Å²) in [6, 6.07) is 7.97. The van der Waals surface area contributed by atoms with Gasteiger partial charge in [-0.15, -0.1) is 0 Å². The Hall–Kier alpha value is -1.51. The second-order valence-electron chi connectivity index (χ2n) is 5.44. The van der Waals surface area contributed by atoms with Crippen molar-refractivity contribution in [3.05, 3.63) is 29.8 Å². The van der Waals surface area contributed by atoms with E-state index in [1.807, 2.05) is 29.2 Å². The first-order valence-electron chi connectivity index (χ1n) is 8.12.